The number of carbonyl (C=O) groups is 1. The van der Waals surface area contributed by atoms with E-state index in [1.807, 2.05) is 0 Å². The second kappa shape index (κ2) is 8.15. The van der Waals surface area contributed by atoms with Crippen LogP contribution in [0.4, 0.5) is 17.6 Å². The van der Waals surface area contributed by atoms with E-state index in [1.165, 1.54) is 31.5 Å². The lowest BCUT2D eigenvalue weighted by molar-refractivity contribution is -0.137. The van der Waals surface area contributed by atoms with Crippen LogP contribution in [0.5, 0.6) is 0 Å². The standard InChI is InChI=1S/C21H22F4N4O3S/c1-12-8-28-16(9-27-12)17(30)7-13-4-5-15(22)14(6-13)19(2)11-33(31,32)20(3,18(26)29-19)10-21(23,24)25/h4-6,8-9H,7,10-11H2,1-3H3,(H2,26,29)/t19-,20-/m0/s1. The molecule has 2 aromatic rings. The molecule has 1 aliphatic heterocycles. The van der Waals surface area contributed by atoms with Crippen LogP contribution in [0.1, 0.15) is 47.6 Å². The number of Topliss-reactive ketones (excluding diaryl/α,β-unsaturated/α-hetero) is 1. The Morgan fingerprint density at radius 2 is 1.85 bits per heavy atom. The van der Waals surface area contributed by atoms with Gasteiger partial charge >= 0.3 is 6.18 Å². The zero-order valence-corrected chi connectivity index (χ0v) is 18.9. The molecular formula is C21H22F4N4O3S. The molecule has 7 nitrogen and oxygen atoms in total. The molecule has 2 heterocycles. The Balaban J connectivity index is 2.00. The predicted octanol–water partition coefficient (Wildman–Crippen LogP) is 3.06. The van der Waals surface area contributed by atoms with Crippen molar-refractivity contribution in [1.82, 2.24) is 9.97 Å². The maximum Gasteiger partial charge on any atom is 0.391 e. The van der Waals surface area contributed by atoms with E-state index in [2.05, 4.69) is 15.0 Å². The number of aromatic nitrogens is 2. The average Bonchev–Trinajstić information content (AvgIpc) is 2.67. The summed E-state index contributed by atoms with van der Waals surface area (Å²) in [5, 5.41) is 0. The van der Waals surface area contributed by atoms with E-state index >= 15 is 0 Å². The normalized spacial score (nSPS) is 24.9. The van der Waals surface area contributed by atoms with Crippen molar-refractivity contribution in [3.8, 4) is 0 Å². The lowest BCUT2D eigenvalue weighted by atomic mass is 9.90. The molecule has 1 aromatic carbocycles. The summed E-state index contributed by atoms with van der Waals surface area (Å²) in [6.45, 7) is 3.85. The van der Waals surface area contributed by atoms with Crippen molar-refractivity contribution in [3.63, 3.8) is 0 Å². The van der Waals surface area contributed by atoms with Crippen LogP contribution in [0.25, 0.3) is 0 Å². The van der Waals surface area contributed by atoms with Gasteiger partial charge in [0.1, 0.15) is 27.6 Å². The summed E-state index contributed by atoms with van der Waals surface area (Å²) in [5.74, 6) is -2.85. The Bertz CT molecular complexity index is 1230. The third-order valence-electron chi connectivity index (χ3n) is 5.65. The maximum absolute atomic E-state index is 14.8. The highest BCUT2D eigenvalue weighted by atomic mass is 32.2. The number of hydrogen-bond donors (Lipinski definition) is 1. The number of benzene rings is 1. The van der Waals surface area contributed by atoms with Gasteiger partial charge in [-0.15, -0.1) is 0 Å². The lowest BCUT2D eigenvalue weighted by Gasteiger charge is -2.40. The Labute approximate surface area is 188 Å². The number of rotatable bonds is 5. The molecule has 0 saturated heterocycles. The summed E-state index contributed by atoms with van der Waals surface area (Å²) in [4.78, 5) is 24.5. The van der Waals surface area contributed by atoms with E-state index in [0.717, 1.165) is 13.0 Å². The van der Waals surface area contributed by atoms with Crippen molar-refractivity contribution >= 4 is 21.5 Å². The number of ketones is 1. The van der Waals surface area contributed by atoms with Gasteiger partial charge in [0, 0.05) is 18.2 Å². The van der Waals surface area contributed by atoms with Crippen LogP contribution in [-0.2, 0) is 21.8 Å². The van der Waals surface area contributed by atoms with Crippen LogP contribution in [0.2, 0.25) is 0 Å². The van der Waals surface area contributed by atoms with Crippen molar-refractivity contribution in [2.45, 2.75) is 50.1 Å². The molecule has 0 spiro atoms. The highest BCUT2D eigenvalue weighted by molar-refractivity contribution is 7.93. The van der Waals surface area contributed by atoms with Crippen molar-refractivity contribution in [2.24, 2.45) is 10.7 Å². The molecule has 33 heavy (non-hydrogen) atoms. The van der Waals surface area contributed by atoms with Crippen LogP contribution in [0, 0.1) is 12.7 Å². The van der Waals surface area contributed by atoms with Crippen LogP contribution in [0.15, 0.2) is 35.6 Å². The molecule has 1 aliphatic rings. The van der Waals surface area contributed by atoms with Crippen molar-refractivity contribution in [2.75, 3.05) is 5.75 Å². The zero-order valence-electron chi connectivity index (χ0n) is 18.1. The second-order valence-electron chi connectivity index (χ2n) is 8.51. The number of sulfone groups is 1. The van der Waals surface area contributed by atoms with Crippen LogP contribution < -0.4 is 5.73 Å². The number of nitrogens with two attached hydrogens (primary N) is 1. The lowest BCUT2D eigenvalue weighted by Crippen LogP contribution is -2.58. The summed E-state index contributed by atoms with van der Waals surface area (Å²) < 4.78 is 77.2. The molecule has 0 unspecified atom stereocenters. The van der Waals surface area contributed by atoms with E-state index in [4.69, 9.17) is 5.73 Å². The summed E-state index contributed by atoms with van der Waals surface area (Å²) in [7, 11) is -4.49. The molecule has 3 rings (SSSR count). The van der Waals surface area contributed by atoms with Gasteiger partial charge in [0.25, 0.3) is 0 Å². The van der Waals surface area contributed by atoms with Gasteiger partial charge in [-0.2, -0.15) is 13.2 Å². The van der Waals surface area contributed by atoms with E-state index < -0.39 is 55.9 Å². The molecule has 178 valence electrons. The third kappa shape index (κ3) is 4.90. The summed E-state index contributed by atoms with van der Waals surface area (Å²) in [6.07, 6.45) is -3.96. The number of halogens is 4. The van der Waals surface area contributed by atoms with Gasteiger partial charge < -0.3 is 5.73 Å². The highest BCUT2D eigenvalue weighted by Gasteiger charge is 2.56. The predicted molar refractivity (Wildman–Crippen MR) is 113 cm³/mol. The number of aryl methyl sites for hydroxylation is 1. The fraction of sp³-hybridized carbons (Fsp3) is 0.429. The maximum atomic E-state index is 14.8. The highest BCUT2D eigenvalue weighted by Crippen LogP contribution is 2.42. The SMILES string of the molecule is Cc1cnc(C(=O)Cc2ccc(F)c([C@]3(C)CS(=O)(=O)[C@@](C)(CC(F)(F)F)C(N)=N3)c2)cn1. The second-order valence-corrected chi connectivity index (χ2v) is 10.9. The molecule has 0 saturated carbocycles. The van der Waals surface area contributed by atoms with E-state index in [9.17, 15) is 30.8 Å². The summed E-state index contributed by atoms with van der Waals surface area (Å²) in [5.41, 5.74) is 4.84. The Kier molecular flexibility index (Phi) is 6.12. The van der Waals surface area contributed by atoms with Crippen molar-refractivity contribution < 1.29 is 30.8 Å². The van der Waals surface area contributed by atoms with Crippen molar-refractivity contribution in [1.29, 1.82) is 0 Å². The molecule has 1 aromatic heterocycles. The Hall–Kier alpha value is -2.89. The van der Waals surface area contributed by atoms with Crippen LogP contribution in [-0.4, -0.2) is 46.7 Å². The monoisotopic (exact) mass is 486 g/mol. The van der Waals surface area contributed by atoms with Gasteiger partial charge in [-0.3, -0.25) is 14.8 Å². The first-order valence-electron chi connectivity index (χ1n) is 9.82. The van der Waals surface area contributed by atoms with Crippen molar-refractivity contribution in [3.05, 3.63) is 58.9 Å². The fourth-order valence-electron chi connectivity index (χ4n) is 3.73. The van der Waals surface area contributed by atoms with Gasteiger partial charge in [-0.05, 0) is 38.5 Å². The molecule has 0 bridgehead atoms. The minimum Gasteiger partial charge on any atom is -0.386 e. The number of carbonyl (C=O) groups excluding carboxylic acids is 1. The molecule has 12 heteroatoms. The molecular weight excluding hydrogens is 464 g/mol. The molecule has 2 atom stereocenters. The minimum atomic E-state index is -4.81. The minimum absolute atomic E-state index is 0.100. The van der Waals surface area contributed by atoms with E-state index in [-0.39, 0.29) is 17.7 Å². The number of amidine groups is 1. The number of aliphatic imine (C=N–C) groups is 1. The first-order chi connectivity index (χ1) is 15.1. The number of nitrogens with zero attached hydrogens (tertiary/aromatic N) is 3. The summed E-state index contributed by atoms with van der Waals surface area (Å²) in [6, 6.07) is 3.67. The molecule has 0 radical (unpaired) electrons. The van der Waals surface area contributed by atoms with Gasteiger partial charge in [0.05, 0.1) is 24.1 Å². The molecule has 0 amide bonds. The third-order valence-corrected chi connectivity index (χ3v) is 8.32. The number of hydrogen-bond acceptors (Lipinski definition) is 7. The quantitative estimate of drug-likeness (QED) is 0.513. The Morgan fingerprint density at radius 3 is 2.39 bits per heavy atom. The first kappa shape index (κ1) is 24.7. The first-order valence-corrected chi connectivity index (χ1v) is 11.5. The fourth-order valence-corrected chi connectivity index (χ4v) is 5.76. The van der Waals surface area contributed by atoms with E-state index in [0.29, 0.717) is 11.3 Å². The average molecular weight is 486 g/mol. The largest absolute Gasteiger partial charge is 0.391 e. The van der Waals surface area contributed by atoms with Gasteiger partial charge in [0.15, 0.2) is 15.6 Å². The van der Waals surface area contributed by atoms with Crippen LogP contribution in [0.3, 0.4) is 0 Å². The molecule has 0 aliphatic carbocycles. The topological polar surface area (TPSA) is 115 Å². The molecule has 0 fully saturated rings. The van der Waals surface area contributed by atoms with E-state index in [1.54, 1.807) is 6.92 Å². The Morgan fingerprint density at radius 1 is 1.18 bits per heavy atom. The smallest absolute Gasteiger partial charge is 0.386 e. The zero-order chi connectivity index (χ0) is 24.8. The van der Waals surface area contributed by atoms with Crippen LogP contribution >= 0.6 is 0 Å². The van der Waals surface area contributed by atoms with Gasteiger partial charge in [0.2, 0.25) is 0 Å². The van der Waals surface area contributed by atoms with Gasteiger partial charge in [-0.1, -0.05) is 6.07 Å². The molecule has 2 N–H and O–H groups in total. The van der Waals surface area contributed by atoms with Gasteiger partial charge in [-0.25, -0.2) is 17.8 Å². The number of alkyl halides is 3. The summed E-state index contributed by atoms with van der Waals surface area (Å²) >= 11 is 0.